The Bertz CT molecular complexity index is 604. The molecule has 0 spiro atoms. The van der Waals surface area contributed by atoms with Gasteiger partial charge in [-0.15, -0.1) is 0 Å². The minimum Gasteiger partial charge on any atom is -0.384 e. The number of amides is 1. The number of benzene rings is 1. The van der Waals surface area contributed by atoms with Gasteiger partial charge in [0, 0.05) is 26.7 Å². The number of hydrogen-bond donors (Lipinski definition) is 1. The van der Waals surface area contributed by atoms with Gasteiger partial charge in [0.2, 0.25) is 15.9 Å². The number of hydrogen-bond acceptors (Lipinski definition) is 4. The number of carbonyl (C=O) groups excluding carboxylic acids is 1. The van der Waals surface area contributed by atoms with Crippen LogP contribution in [0.1, 0.15) is 18.4 Å². The summed E-state index contributed by atoms with van der Waals surface area (Å²) in [6.45, 7) is 1.37. The Morgan fingerprint density at radius 1 is 1.35 bits per heavy atom. The van der Waals surface area contributed by atoms with E-state index in [1.165, 1.54) is 11.4 Å². The van der Waals surface area contributed by atoms with Crippen molar-refractivity contribution in [1.29, 1.82) is 0 Å². The number of piperidine rings is 1. The molecule has 0 aromatic heterocycles. The monoisotopic (exact) mass is 340 g/mol. The first-order valence-corrected chi connectivity index (χ1v) is 9.42. The maximum Gasteiger partial charge on any atom is 0.224 e. The smallest absolute Gasteiger partial charge is 0.224 e. The molecule has 1 N–H and O–H groups in total. The molecule has 1 aliphatic rings. The van der Waals surface area contributed by atoms with Gasteiger partial charge in [-0.2, -0.15) is 0 Å². The van der Waals surface area contributed by atoms with Gasteiger partial charge in [-0.25, -0.2) is 12.7 Å². The van der Waals surface area contributed by atoms with E-state index in [9.17, 15) is 13.2 Å². The fourth-order valence-electron chi connectivity index (χ4n) is 2.66. The Kier molecular flexibility index (Phi) is 6.56. The van der Waals surface area contributed by atoms with E-state index in [-0.39, 0.29) is 30.7 Å². The third kappa shape index (κ3) is 5.30. The van der Waals surface area contributed by atoms with Crippen molar-refractivity contribution in [1.82, 2.24) is 9.62 Å². The van der Waals surface area contributed by atoms with Gasteiger partial charge >= 0.3 is 0 Å². The van der Waals surface area contributed by atoms with E-state index in [1.807, 2.05) is 30.3 Å². The molecule has 1 aromatic rings. The third-order valence-corrected chi connectivity index (χ3v) is 5.80. The number of sulfonamides is 1. The quantitative estimate of drug-likeness (QED) is 0.803. The van der Waals surface area contributed by atoms with E-state index in [1.54, 1.807) is 0 Å². The van der Waals surface area contributed by atoms with Crippen LogP contribution in [0.3, 0.4) is 0 Å². The largest absolute Gasteiger partial charge is 0.384 e. The molecule has 1 atom stereocenters. The van der Waals surface area contributed by atoms with Crippen molar-refractivity contribution in [2.24, 2.45) is 5.92 Å². The fourth-order valence-corrected chi connectivity index (χ4v) is 4.11. The van der Waals surface area contributed by atoms with Crippen LogP contribution in [-0.4, -0.2) is 51.2 Å². The van der Waals surface area contributed by atoms with Crippen molar-refractivity contribution in [3.8, 4) is 0 Å². The van der Waals surface area contributed by atoms with Gasteiger partial charge in [-0.05, 0) is 18.4 Å². The molecule has 1 amide bonds. The Labute approximate surface area is 137 Å². The first-order chi connectivity index (χ1) is 11.0. The zero-order valence-electron chi connectivity index (χ0n) is 13.4. The summed E-state index contributed by atoms with van der Waals surface area (Å²) in [7, 11) is -1.87. The summed E-state index contributed by atoms with van der Waals surface area (Å²) in [4.78, 5) is 12.3. The van der Waals surface area contributed by atoms with Crippen molar-refractivity contribution in [3.05, 3.63) is 35.9 Å². The van der Waals surface area contributed by atoms with Crippen molar-refractivity contribution >= 4 is 15.9 Å². The third-order valence-electron chi connectivity index (χ3n) is 4.00. The Morgan fingerprint density at radius 3 is 2.78 bits per heavy atom. The van der Waals surface area contributed by atoms with Gasteiger partial charge < -0.3 is 10.1 Å². The number of nitrogens with one attached hydrogen (secondary N) is 1. The minimum absolute atomic E-state index is 0.0398. The molecular weight excluding hydrogens is 316 g/mol. The highest BCUT2D eigenvalue weighted by Gasteiger charge is 2.31. The number of carbonyl (C=O) groups is 1. The van der Waals surface area contributed by atoms with E-state index in [0.29, 0.717) is 19.5 Å². The molecule has 128 valence electrons. The van der Waals surface area contributed by atoms with E-state index in [4.69, 9.17) is 4.74 Å². The molecule has 23 heavy (non-hydrogen) atoms. The number of nitrogens with zero attached hydrogens (tertiary/aromatic N) is 1. The maximum absolute atomic E-state index is 12.3. The standard InChI is InChI=1S/C16H24N2O4S/c1-22-10-11-23(20,21)18-9-5-8-15(13-18)16(19)17-12-14-6-3-2-4-7-14/h2-4,6-7,15H,5,8-13H2,1H3,(H,17,19). The maximum atomic E-state index is 12.3. The molecule has 0 saturated carbocycles. The number of ether oxygens (including phenoxy) is 1. The second-order valence-corrected chi connectivity index (χ2v) is 7.80. The van der Waals surface area contributed by atoms with Crippen LogP contribution in [0.4, 0.5) is 0 Å². The molecule has 1 aliphatic heterocycles. The van der Waals surface area contributed by atoms with Crippen LogP contribution in [0.25, 0.3) is 0 Å². The van der Waals surface area contributed by atoms with Crippen molar-refractivity contribution < 1.29 is 17.9 Å². The second kappa shape index (κ2) is 8.42. The fraction of sp³-hybridized carbons (Fsp3) is 0.562. The molecule has 1 fully saturated rings. The summed E-state index contributed by atoms with van der Waals surface area (Å²) in [5.74, 6) is -0.410. The van der Waals surface area contributed by atoms with Crippen molar-refractivity contribution in [2.75, 3.05) is 32.6 Å². The van der Waals surface area contributed by atoms with Gasteiger partial charge in [0.05, 0.1) is 18.3 Å². The lowest BCUT2D eigenvalue weighted by Crippen LogP contribution is -2.46. The molecule has 0 aliphatic carbocycles. The average molecular weight is 340 g/mol. The second-order valence-electron chi connectivity index (χ2n) is 5.71. The Morgan fingerprint density at radius 2 is 2.09 bits per heavy atom. The highest BCUT2D eigenvalue weighted by Crippen LogP contribution is 2.20. The van der Waals surface area contributed by atoms with Crippen LogP contribution < -0.4 is 5.32 Å². The van der Waals surface area contributed by atoms with Gasteiger partial charge in [0.15, 0.2) is 0 Å². The molecule has 1 saturated heterocycles. The van der Waals surface area contributed by atoms with Gasteiger partial charge in [-0.3, -0.25) is 4.79 Å². The van der Waals surface area contributed by atoms with Crippen LogP contribution in [0.15, 0.2) is 30.3 Å². The van der Waals surface area contributed by atoms with E-state index < -0.39 is 10.0 Å². The lowest BCUT2D eigenvalue weighted by molar-refractivity contribution is -0.126. The minimum atomic E-state index is -3.35. The normalized spacial score (nSPS) is 19.4. The lowest BCUT2D eigenvalue weighted by atomic mass is 9.99. The molecule has 0 bridgehead atoms. The SMILES string of the molecule is COCCS(=O)(=O)N1CCCC(C(=O)NCc2ccccc2)C1. The highest BCUT2D eigenvalue weighted by atomic mass is 32.2. The average Bonchev–Trinajstić information content (AvgIpc) is 2.59. The molecule has 2 rings (SSSR count). The molecule has 0 radical (unpaired) electrons. The molecule has 7 heteroatoms. The molecule has 1 heterocycles. The summed E-state index contributed by atoms with van der Waals surface area (Å²) < 4.78 is 30.7. The van der Waals surface area contributed by atoms with E-state index in [2.05, 4.69) is 5.32 Å². The zero-order valence-corrected chi connectivity index (χ0v) is 14.2. The molecule has 1 aromatic carbocycles. The van der Waals surface area contributed by atoms with Crippen molar-refractivity contribution in [2.45, 2.75) is 19.4 Å². The topological polar surface area (TPSA) is 75.7 Å². The van der Waals surface area contributed by atoms with Gasteiger partial charge in [-0.1, -0.05) is 30.3 Å². The number of methoxy groups -OCH3 is 1. The number of rotatable bonds is 7. The molecule has 1 unspecified atom stereocenters. The molecule has 6 nitrogen and oxygen atoms in total. The van der Waals surface area contributed by atoms with Crippen LogP contribution in [0.5, 0.6) is 0 Å². The summed E-state index contributed by atoms with van der Waals surface area (Å²) in [5.41, 5.74) is 1.03. The van der Waals surface area contributed by atoms with Crippen molar-refractivity contribution in [3.63, 3.8) is 0 Å². The Hall–Kier alpha value is -1.44. The first-order valence-electron chi connectivity index (χ1n) is 7.81. The first kappa shape index (κ1) is 17.9. The van der Waals surface area contributed by atoms with E-state index in [0.717, 1.165) is 12.0 Å². The lowest BCUT2D eigenvalue weighted by Gasteiger charge is -2.31. The summed E-state index contributed by atoms with van der Waals surface area (Å²) in [6.07, 6.45) is 1.42. The predicted octanol–water partition coefficient (Wildman–Crippen LogP) is 0.991. The van der Waals surface area contributed by atoms with E-state index >= 15 is 0 Å². The van der Waals surface area contributed by atoms with Gasteiger partial charge in [0.1, 0.15) is 0 Å². The van der Waals surface area contributed by atoms with Crippen LogP contribution in [0, 0.1) is 5.92 Å². The Balaban J connectivity index is 1.88. The summed E-state index contributed by atoms with van der Waals surface area (Å²) in [6, 6.07) is 9.67. The van der Waals surface area contributed by atoms with Crippen LogP contribution in [-0.2, 0) is 26.1 Å². The van der Waals surface area contributed by atoms with Crippen LogP contribution in [0.2, 0.25) is 0 Å². The van der Waals surface area contributed by atoms with Gasteiger partial charge in [0.25, 0.3) is 0 Å². The summed E-state index contributed by atoms with van der Waals surface area (Å²) >= 11 is 0. The predicted molar refractivity (Wildman–Crippen MR) is 88.2 cm³/mol. The highest BCUT2D eigenvalue weighted by molar-refractivity contribution is 7.89. The zero-order chi connectivity index (χ0) is 16.7. The molecular formula is C16H24N2O4S. The van der Waals surface area contributed by atoms with Crippen LogP contribution >= 0.6 is 0 Å². The summed E-state index contributed by atoms with van der Waals surface area (Å²) in [5, 5.41) is 2.90.